The largest absolute Gasteiger partial charge is 0.465 e. The molecule has 0 saturated heterocycles. The van der Waals surface area contributed by atoms with Gasteiger partial charge in [-0.2, -0.15) is 0 Å². The van der Waals surface area contributed by atoms with Crippen LogP contribution in [0.2, 0.25) is 0 Å². The molecule has 0 atom stereocenters. The number of esters is 1. The highest BCUT2D eigenvalue weighted by Gasteiger charge is 2.26. The van der Waals surface area contributed by atoms with E-state index >= 15 is 0 Å². The summed E-state index contributed by atoms with van der Waals surface area (Å²) in [4.78, 5) is 30.1. The number of benzene rings is 1. The lowest BCUT2D eigenvalue weighted by Gasteiger charge is -2.27. The molecule has 26 heavy (non-hydrogen) atoms. The molecule has 1 aliphatic rings. The van der Waals surface area contributed by atoms with Crippen LogP contribution in [0.1, 0.15) is 37.8 Å². The second-order valence-electron chi connectivity index (χ2n) is 6.73. The summed E-state index contributed by atoms with van der Waals surface area (Å²) >= 11 is 0. The number of amides is 1. The molecule has 4 rings (SSSR count). The number of hydrogen-bond donors (Lipinski definition) is 1. The molecule has 1 aromatic carbocycles. The molecule has 0 bridgehead atoms. The molecule has 6 nitrogen and oxygen atoms in total. The second-order valence-corrected chi connectivity index (χ2v) is 6.73. The predicted octanol–water partition coefficient (Wildman–Crippen LogP) is 2.80. The lowest BCUT2D eigenvalue weighted by molar-refractivity contribution is 0.0600. The van der Waals surface area contributed by atoms with Crippen molar-refractivity contribution in [1.82, 2.24) is 14.5 Å². The number of carbonyl (C=O) groups excluding carboxylic acids is 2. The summed E-state index contributed by atoms with van der Waals surface area (Å²) in [5.74, 6) is -0.324. The quantitative estimate of drug-likeness (QED) is 0.722. The van der Waals surface area contributed by atoms with Crippen molar-refractivity contribution in [3.63, 3.8) is 0 Å². The van der Waals surface area contributed by atoms with Crippen LogP contribution in [0.4, 0.5) is 0 Å². The van der Waals surface area contributed by atoms with Crippen molar-refractivity contribution in [1.29, 1.82) is 0 Å². The fourth-order valence-electron chi connectivity index (χ4n) is 3.62. The number of nitrogens with one attached hydrogen (secondary N) is 1. The van der Waals surface area contributed by atoms with Gasteiger partial charge in [0.25, 0.3) is 5.91 Å². The number of aryl methyl sites for hydroxylation is 1. The number of carbonyl (C=O) groups is 2. The first kappa shape index (κ1) is 16.4. The van der Waals surface area contributed by atoms with Crippen molar-refractivity contribution in [3.05, 3.63) is 58.5 Å². The third kappa shape index (κ3) is 2.49. The second kappa shape index (κ2) is 6.05. The number of H-pyrrole nitrogens is 1. The molecule has 0 aliphatic carbocycles. The van der Waals surface area contributed by atoms with Gasteiger partial charge in [0.15, 0.2) is 0 Å². The Kier molecular flexibility index (Phi) is 3.83. The van der Waals surface area contributed by atoms with Crippen LogP contribution in [0.15, 0.2) is 30.3 Å². The van der Waals surface area contributed by atoms with Crippen molar-refractivity contribution in [3.8, 4) is 0 Å². The van der Waals surface area contributed by atoms with E-state index in [9.17, 15) is 9.59 Å². The molecule has 3 heterocycles. The van der Waals surface area contributed by atoms with Crippen LogP contribution in [0.25, 0.3) is 10.9 Å². The molecular weight excluding hydrogens is 330 g/mol. The Labute approximate surface area is 151 Å². The minimum absolute atomic E-state index is 0.0322. The normalized spacial score (nSPS) is 13.7. The van der Waals surface area contributed by atoms with Gasteiger partial charge in [0.1, 0.15) is 5.69 Å². The first-order chi connectivity index (χ1) is 12.5. The molecule has 134 valence electrons. The van der Waals surface area contributed by atoms with Crippen molar-refractivity contribution in [2.24, 2.45) is 7.05 Å². The van der Waals surface area contributed by atoms with Crippen LogP contribution >= 0.6 is 0 Å². The fraction of sp³-hybridized carbons (Fsp3) is 0.300. The van der Waals surface area contributed by atoms with Crippen LogP contribution in [0.5, 0.6) is 0 Å². The van der Waals surface area contributed by atoms with E-state index in [1.165, 1.54) is 7.11 Å². The molecule has 0 radical (unpaired) electrons. The fourth-order valence-corrected chi connectivity index (χ4v) is 3.62. The molecule has 0 saturated carbocycles. The maximum atomic E-state index is 12.9. The Bertz CT molecular complexity index is 1030. The summed E-state index contributed by atoms with van der Waals surface area (Å²) in [5.41, 5.74) is 5.46. The van der Waals surface area contributed by atoms with E-state index < -0.39 is 0 Å². The van der Waals surface area contributed by atoms with E-state index in [2.05, 4.69) is 4.98 Å². The van der Waals surface area contributed by atoms with Gasteiger partial charge in [0, 0.05) is 54.4 Å². The number of ether oxygens (including phenoxy) is 1. The third-order valence-corrected chi connectivity index (χ3v) is 5.28. The van der Waals surface area contributed by atoms with Crippen LogP contribution < -0.4 is 0 Å². The number of methoxy groups -OCH3 is 1. The Hall–Kier alpha value is -3.02. The summed E-state index contributed by atoms with van der Waals surface area (Å²) in [6, 6.07) is 9.32. The third-order valence-electron chi connectivity index (χ3n) is 5.28. The highest BCUT2D eigenvalue weighted by molar-refractivity contribution is 5.97. The number of rotatable bonds is 2. The van der Waals surface area contributed by atoms with E-state index in [-0.39, 0.29) is 11.9 Å². The minimum Gasteiger partial charge on any atom is -0.465 e. The van der Waals surface area contributed by atoms with Gasteiger partial charge in [-0.05, 0) is 37.3 Å². The van der Waals surface area contributed by atoms with Crippen molar-refractivity contribution in [2.75, 3.05) is 13.7 Å². The summed E-state index contributed by atoms with van der Waals surface area (Å²) in [7, 11) is 3.29. The molecule has 3 aromatic rings. The summed E-state index contributed by atoms with van der Waals surface area (Å²) in [6.45, 7) is 3.19. The molecular formula is C20H21N3O3. The molecule has 2 aromatic heterocycles. The van der Waals surface area contributed by atoms with Gasteiger partial charge < -0.3 is 19.2 Å². The van der Waals surface area contributed by atoms with Gasteiger partial charge in [0.2, 0.25) is 0 Å². The molecule has 6 heteroatoms. The van der Waals surface area contributed by atoms with Gasteiger partial charge in [-0.15, -0.1) is 0 Å². The van der Waals surface area contributed by atoms with Gasteiger partial charge in [-0.1, -0.05) is 0 Å². The van der Waals surface area contributed by atoms with E-state index in [4.69, 9.17) is 4.74 Å². The average molecular weight is 351 g/mol. The Balaban J connectivity index is 1.70. The van der Waals surface area contributed by atoms with Crippen LogP contribution in [0, 0.1) is 6.92 Å². The van der Waals surface area contributed by atoms with Crippen LogP contribution in [-0.4, -0.2) is 40.0 Å². The van der Waals surface area contributed by atoms with E-state index in [0.29, 0.717) is 24.3 Å². The Morgan fingerprint density at radius 3 is 2.69 bits per heavy atom. The van der Waals surface area contributed by atoms with Crippen molar-refractivity contribution >= 4 is 22.8 Å². The maximum Gasteiger partial charge on any atom is 0.337 e. The first-order valence-electron chi connectivity index (χ1n) is 8.63. The molecule has 1 aliphatic heterocycles. The Morgan fingerprint density at radius 1 is 1.19 bits per heavy atom. The maximum absolute atomic E-state index is 12.9. The highest BCUT2D eigenvalue weighted by atomic mass is 16.5. The van der Waals surface area contributed by atoms with Crippen LogP contribution in [0.3, 0.4) is 0 Å². The summed E-state index contributed by atoms with van der Waals surface area (Å²) < 4.78 is 6.74. The predicted molar refractivity (Wildman–Crippen MR) is 98.2 cm³/mol. The zero-order valence-corrected chi connectivity index (χ0v) is 15.1. The lowest BCUT2D eigenvalue weighted by Crippen LogP contribution is -2.36. The standard InChI is InChI=1S/C20H21N3O3/c1-12-4-7-18(22(12)2)19(24)23-9-8-17-15(11-23)14-10-13(20(25)26-3)5-6-16(14)21-17/h4-7,10,21H,8-9,11H2,1-3H3. The minimum atomic E-state index is -0.357. The van der Waals surface area contributed by atoms with E-state index in [0.717, 1.165) is 34.3 Å². The molecule has 1 amide bonds. The van der Waals surface area contributed by atoms with Crippen molar-refractivity contribution < 1.29 is 14.3 Å². The topological polar surface area (TPSA) is 67.3 Å². The monoisotopic (exact) mass is 351 g/mol. The van der Waals surface area contributed by atoms with Gasteiger partial charge >= 0.3 is 5.97 Å². The number of aromatic nitrogens is 2. The lowest BCUT2D eigenvalue weighted by atomic mass is 10.0. The smallest absolute Gasteiger partial charge is 0.337 e. The number of nitrogens with zero attached hydrogens (tertiary/aromatic N) is 2. The zero-order chi connectivity index (χ0) is 18.4. The Morgan fingerprint density at radius 2 is 2.00 bits per heavy atom. The molecule has 0 fully saturated rings. The molecule has 0 spiro atoms. The van der Waals surface area contributed by atoms with Gasteiger partial charge in [0.05, 0.1) is 12.7 Å². The highest BCUT2D eigenvalue weighted by Crippen LogP contribution is 2.29. The van der Waals surface area contributed by atoms with Crippen molar-refractivity contribution in [2.45, 2.75) is 19.9 Å². The van der Waals surface area contributed by atoms with E-state index in [1.54, 1.807) is 6.07 Å². The summed E-state index contributed by atoms with van der Waals surface area (Å²) in [5, 5.41) is 0.975. The SMILES string of the molecule is COC(=O)c1ccc2[nH]c3c(c2c1)CN(C(=O)c1ccc(C)n1C)CC3. The number of hydrogen-bond acceptors (Lipinski definition) is 3. The van der Waals surface area contributed by atoms with Crippen LogP contribution in [-0.2, 0) is 24.8 Å². The zero-order valence-electron chi connectivity index (χ0n) is 15.1. The average Bonchev–Trinajstić information content (AvgIpc) is 3.19. The first-order valence-corrected chi connectivity index (χ1v) is 8.63. The molecule has 0 unspecified atom stereocenters. The van der Waals surface area contributed by atoms with Gasteiger partial charge in [-0.25, -0.2) is 4.79 Å². The van der Waals surface area contributed by atoms with E-state index in [1.807, 2.05) is 47.7 Å². The number of fused-ring (bicyclic) bond motifs is 3. The summed E-state index contributed by atoms with van der Waals surface area (Å²) in [6.07, 6.45) is 0.771. The molecule has 1 N–H and O–H groups in total. The van der Waals surface area contributed by atoms with Gasteiger partial charge in [-0.3, -0.25) is 4.79 Å². The number of aromatic amines is 1.